The van der Waals surface area contributed by atoms with Gasteiger partial charge < -0.3 is 23.8 Å². The molecular formula is C65H63F12N3O8. The van der Waals surface area contributed by atoms with E-state index in [9.17, 15) is 71.9 Å². The summed E-state index contributed by atoms with van der Waals surface area (Å²) in [6, 6.07) is 37.5. The second-order valence-corrected chi connectivity index (χ2v) is 21.3. The molecule has 470 valence electrons. The molecule has 2 heterocycles. The maximum atomic E-state index is 14.0. The van der Waals surface area contributed by atoms with E-state index in [1.54, 1.807) is 126 Å². The normalized spacial score (nSPS) is 18.9. The van der Waals surface area contributed by atoms with Crippen molar-refractivity contribution in [2.45, 2.75) is 114 Å². The largest absolute Gasteiger partial charge is 0.445 e. The van der Waals surface area contributed by atoms with Gasteiger partial charge in [-0.25, -0.2) is 9.59 Å². The lowest BCUT2D eigenvalue weighted by Crippen LogP contribution is -2.61. The molecule has 1 unspecified atom stereocenters. The molecule has 88 heavy (non-hydrogen) atoms. The molecule has 11 nitrogen and oxygen atoms in total. The van der Waals surface area contributed by atoms with E-state index >= 15 is 0 Å². The van der Waals surface area contributed by atoms with Crippen LogP contribution in [0.1, 0.15) is 114 Å². The van der Waals surface area contributed by atoms with Gasteiger partial charge in [0.05, 0.1) is 65.3 Å². The number of halogens is 12. The Morgan fingerprint density at radius 2 is 0.932 bits per heavy atom. The van der Waals surface area contributed by atoms with E-state index in [0.717, 1.165) is 5.56 Å². The van der Waals surface area contributed by atoms with E-state index in [1.165, 1.54) is 30.6 Å². The first-order valence-electron chi connectivity index (χ1n) is 27.7. The van der Waals surface area contributed by atoms with Crippen LogP contribution in [0.15, 0.2) is 170 Å². The summed E-state index contributed by atoms with van der Waals surface area (Å²) in [6.07, 6.45) is -21.6. The van der Waals surface area contributed by atoms with Crippen LogP contribution in [0.4, 0.5) is 62.3 Å². The zero-order valence-corrected chi connectivity index (χ0v) is 47.9. The number of likely N-dealkylation sites (tertiary alicyclic amines) is 2. The van der Waals surface area contributed by atoms with Crippen LogP contribution in [0.2, 0.25) is 0 Å². The van der Waals surface area contributed by atoms with Crippen molar-refractivity contribution in [1.29, 1.82) is 0 Å². The summed E-state index contributed by atoms with van der Waals surface area (Å²) in [5.41, 5.74) is -6.34. The van der Waals surface area contributed by atoms with Crippen molar-refractivity contribution < 1.29 is 90.8 Å². The fraction of sp³-hybridized carbons (Fsp3) is 0.354. The van der Waals surface area contributed by atoms with E-state index < -0.39 is 88.5 Å². The quantitative estimate of drug-likeness (QED) is 0.0655. The molecule has 2 aliphatic rings. The van der Waals surface area contributed by atoms with E-state index in [-0.39, 0.29) is 100 Å². The fourth-order valence-corrected chi connectivity index (χ4v) is 10.6. The van der Waals surface area contributed by atoms with Crippen molar-refractivity contribution in [3.63, 3.8) is 0 Å². The first-order valence-corrected chi connectivity index (χ1v) is 27.7. The van der Waals surface area contributed by atoms with Crippen LogP contribution < -0.4 is 0 Å². The highest BCUT2D eigenvalue weighted by Crippen LogP contribution is 2.45. The van der Waals surface area contributed by atoms with Crippen molar-refractivity contribution >= 4 is 23.9 Å². The second kappa shape index (κ2) is 28.3. The Kier molecular flexibility index (Phi) is 21.7. The maximum Gasteiger partial charge on any atom is 0.416 e. The zero-order valence-electron chi connectivity index (χ0n) is 47.9. The van der Waals surface area contributed by atoms with Crippen LogP contribution >= 0.6 is 0 Å². The van der Waals surface area contributed by atoms with Gasteiger partial charge in [0, 0.05) is 32.5 Å². The van der Waals surface area contributed by atoms with Crippen LogP contribution in [-0.4, -0.2) is 77.5 Å². The number of alkyl halides is 12. The van der Waals surface area contributed by atoms with Crippen LogP contribution in [0.5, 0.6) is 0 Å². The number of ether oxygens (including phenoxy) is 4. The molecule has 0 N–H and O–H groups in total. The number of piperidine rings is 2. The Hall–Kier alpha value is -8.18. The van der Waals surface area contributed by atoms with E-state index in [0.29, 0.717) is 47.4 Å². The molecule has 2 aliphatic heterocycles. The Bertz CT molecular complexity index is 3270. The lowest BCUT2D eigenvalue weighted by Gasteiger charge is -2.51. The van der Waals surface area contributed by atoms with Gasteiger partial charge in [0.25, 0.3) is 0 Å². The summed E-state index contributed by atoms with van der Waals surface area (Å²) in [5, 5.41) is 0. The molecule has 2 saturated heterocycles. The molecule has 0 radical (unpaired) electrons. The van der Waals surface area contributed by atoms with Crippen LogP contribution in [0.25, 0.3) is 0 Å². The van der Waals surface area contributed by atoms with Gasteiger partial charge in [-0.2, -0.15) is 52.7 Å². The van der Waals surface area contributed by atoms with E-state index in [2.05, 4.69) is 6.58 Å². The summed E-state index contributed by atoms with van der Waals surface area (Å²) in [6.45, 7) is 7.06. The summed E-state index contributed by atoms with van der Waals surface area (Å²) in [5.74, 6) is -0.455. The third-order valence-corrected chi connectivity index (χ3v) is 15.4. The van der Waals surface area contributed by atoms with Crippen molar-refractivity contribution in [2.24, 2.45) is 0 Å². The van der Waals surface area contributed by atoms with Gasteiger partial charge in [-0.15, -0.1) is 6.58 Å². The fourth-order valence-electron chi connectivity index (χ4n) is 10.6. The molecule has 0 aromatic heterocycles. The lowest BCUT2D eigenvalue weighted by atomic mass is 9.79. The minimum atomic E-state index is -5.02. The van der Waals surface area contributed by atoms with Gasteiger partial charge in [0.1, 0.15) is 13.2 Å². The Morgan fingerprint density at radius 3 is 1.30 bits per heavy atom. The summed E-state index contributed by atoms with van der Waals surface area (Å²) >= 11 is 0. The van der Waals surface area contributed by atoms with Gasteiger partial charge >= 0.3 is 36.9 Å². The highest BCUT2D eigenvalue weighted by atomic mass is 19.4. The van der Waals surface area contributed by atoms with Crippen LogP contribution in [-0.2, 0) is 77.5 Å². The van der Waals surface area contributed by atoms with Crippen molar-refractivity contribution in [1.82, 2.24) is 14.7 Å². The van der Waals surface area contributed by atoms with Gasteiger partial charge in [0.15, 0.2) is 5.78 Å². The Morgan fingerprint density at radius 1 is 0.568 bits per heavy atom. The highest BCUT2D eigenvalue weighted by Gasteiger charge is 2.50. The SMILES string of the molecule is C=CCN(C(C)=O)C1CC[C@@](CO[C@H](C)c2cc(C(F)(F)F)cc(C(F)(F)F)c2)(c2ccccc2)N(C(=O)OCc2ccccc2)C1.C[C@@H](OC[C@@]1(c2ccccc2)CCC(=O)CN1C(=O)OCc1ccccc1)c1cc(C(F)(F)F)cc(C(F)(F)F)c1. The number of carbonyl (C=O) groups is 4. The molecule has 5 atom stereocenters. The molecule has 0 spiro atoms. The molecule has 0 saturated carbocycles. The topological polar surface area (TPSA) is 115 Å². The number of hydrogen-bond acceptors (Lipinski definition) is 8. The monoisotopic (exact) mass is 1240 g/mol. The first-order chi connectivity index (χ1) is 41.4. The third kappa shape index (κ3) is 16.9. The van der Waals surface area contributed by atoms with Crippen molar-refractivity contribution in [3.05, 3.63) is 226 Å². The van der Waals surface area contributed by atoms with Gasteiger partial charge in [-0.1, -0.05) is 127 Å². The number of benzene rings is 6. The minimum absolute atomic E-state index is 0.0233. The van der Waals surface area contributed by atoms with Crippen molar-refractivity contribution in [3.8, 4) is 0 Å². The van der Waals surface area contributed by atoms with E-state index in [1.807, 2.05) is 6.07 Å². The number of rotatable bonds is 17. The predicted octanol–water partition coefficient (Wildman–Crippen LogP) is 16.2. The summed E-state index contributed by atoms with van der Waals surface area (Å²) in [4.78, 5) is 56.7. The first kappa shape index (κ1) is 67.3. The predicted molar refractivity (Wildman–Crippen MR) is 299 cm³/mol. The molecule has 23 heteroatoms. The molecule has 3 amide bonds. The third-order valence-electron chi connectivity index (χ3n) is 15.4. The summed E-state index contributed by atoms with van der Waals surface area (Å²) in [7, 11) is 0. The molecule has 6 aromatic rings. The minimum Gasteiger partial charge on any atom is -0.445 e. The van der Waals surface area contributed by atoms with E-state index in [4.69, 9.17) is 18.9 Å². The van der Waals surface area contributed by atoms with Crippen molar-refractivity contribution in [2.75, 3.05) is 32.8 Å². The number of amides is 3. The average Bonchev–Trinajstić information content (AvgIpc) is 1.63. The van der Waals surface area contributed by atoms with Gasteiger partial charge in [-0.3, -0.25) is 19.4 Å². The van der Waals surface area contributed by atoms with Gasteiger partial charge in [0.2, 0.25) is 5.91 Å². The molecule has 6 aromatic carbocycles. The highest BCUT2D eigenvalue weighted by molar-refractivity contribution is 5.86. The number of Topliss-reactive ketones (excluding diaryl/α,β-unsaturated/α-hetero) is 1. The molecule has 0 bridgehead atoms. The smallest absolute Gasteiger partial charge is 0.416 e. The molecule has 2 fully saturated rings. The lowest BCUT2D eigenvalue weighted by molar-refractivity contribution is -0.145. The van der Waals surface area contributed by atoms with Crippen LogP contribution in [0.3, 0.4) is 0 Å². The average molecular weight is 1240 g/mol. The molecular weight excluding hydrogens is 1180 g/mol. The second-order valence-electron chi connectivity index (χ2n) is 21.3. The zero-order chi connectivity index (χ0) is 64.2. The molecule has 8 rings (SSSR count). The number of carbonyl (C=O) groups excluding carboxylic acids is 4. The maximum absolute atomic E-state index is 14.0. The standard InChI is InChI=1S/C35H36F6N2O4.C30H27F6NO4/c1-4-17-42(25(3)44)31-15-16-33(28-13-9-6-10-14-28,43(21-31)32(45)46-22-26-11-7-5-8-12-26)23-47-24(2)27-18-29(34(36,37)38)20-30(19-27)35(39,40)41;1-20(22-14-24(29(31,32)33)16-25(15-22)30(34,35)36)41-19-28(23-10-6-3-7-11-23)13-12-26(38)17-37(28)27(39)40-18-21-8-4-2-5-9-21/h4-14,18-20,24,31H,1,15-17,21-23H2,2-3H3;2-11,14-16,20H,12-13,17-19H2,1H3/t24-,31?,33-;20-,28-/m11/s1. The number of hydrogen-bond donors (Lipinski definition) is 0. The van der Waals surface area contributed by atoms with Gasteiger partial charge in [-0.05, 0) is 103 Å². The number of ketones is 1. The number of nitrogens with zero attached hydrogens (tertiary/aromatic N) is 3. The Balaban J connectivity index is 0.000000253. The Labute approximate surface area is 500 Å². The summed E-state index contributed by atoms with van der Waals surface area (Å²) < 4.78 is 186. The molecule has 0 aliphatic carbocycles. The van der Waals surface area contributed by atoms with Crippen LogP contribution in [0, 0.1) is 0 Å².